The van der Waals surface area contributed by atoms with Crippen molar-refractivity contribution in [3.63, 3.8) is 0 Å². The van der Waals surface area contributed by atoms with E-state index in [1.54, 1.807) is 6.92 Å². The van der Waals surface area contributed by atoms with E-state index >= 15 is 0 Å². The highest BCUT2D eigenvalue weighted by molar-refractivity contribution is 5.84. The van der Waals surface area contributed by atoms with Gasteiger partial charge in [-0.05, 0) is 103 Å². The van der Waals surface area contributed by atoms with Crippen LogP contribution in [0.5, 0.6) is 0 Å². The van der Waals surface area contributed by atoms with Crippen molar-refractivity contribution < 1.29 is 29.3 Å². The van der Waals surface area contributed by atoms with Gasteiger partial charge in [-0.1, -0.05) is 46.8 Å². The van der Waals surface area contributed by atoms with Crippen LogP contribution in [-0.2, 0) is 19.1 Å². The average Bonchev–Trinajstić information content (AvgIpc) is 2.86. The molecule has 38 heavy (non-hydrogen) atoms. The smallest absolute Gasteiger partial charge is 0.316 e. The summed E-state index contributed by atoms with van der Waals surface area (Å²) < 4.78 is 10.6. The van der Waals surface area contributed by atoms with Gasteiger partial charge in [0, 0.05) is 0 Å². The van der Waals surface area contributed by atoms with Crippen molar-refractivity contribution in [1.82, 2.24) is 0 Å². The number of allylic oxidation sites excluding steroid dienone is 3. The maximum atomic E-state index is 13.4. The second-order valence-corrected chi connectivity index (χ2v) is 14.9. The molecule has 6 nitrogen and oxygen atoms in total. The molecule has 9 atom stereocenters. The summed E-state index contributed by atoms with van der Waals surface area (Å²) in [4.78, 5) is 26.5. The molecule has 5 aliphatic rings. The maximum Gasteiger partial charge on any atom is 0.316 e. The third-order valence-electron chi connectivity index (χ3n) is 12.9. The zero-order valence-electron chi connectivity index (χ0n) is 24.6. The number of carbonyl (C=O) groups is 2. The summed E-state index contributed by atoms with van der Waals surface area (Å²) in [5.41, 5.74) is 0.185. The van der Waals surface area contributed by atoms with E-state index in [0.29, 0.717) is 6.42 Å². The van der Waals surface area contributed by atoms with Crippen LogP contribution in [0.25, 0.3) is 0 Å². The highest BCUT2D eigenvalue weighted by atomic mass is 16.5. The van der Waals surface area contributed by atoms with Gasteiger partial charge in [-0.2, -0.15) is 0 Å². The molecule has 2 N–H and O–H groups in total. The fourth-order valence-electron chi connectivity index (χ4n) is 10.5. The second kappa shape index (κ2) is 8.42. The molecule has 0 bridgehead atoms. The van der Waals surface area contributed by atoms with Gasteiger partial charge in [0.1, 0.15) is 0 Å². The molecule has 3 fully saturated rings. The third kappa shape index (κ3) is 3.25. The van der Waals surface area contributed by atoms with E-state index in [2.05, 4.69) is 46.8 Å². The van der Waals surface area contributed by atoms with Crippen LogP contribution >= 0.6 is 0 Å². The molecule has 0 radical (unpaired) electrons. The zero-order chi connectivity index (χ0) is 28.1. The Morgan fingerprint density at radius 3 is 2.11 bits per heavy atom. The van der Waals surface area contributed by atoms with E-state index in [9.17, 15) is 19.8 Å². The summed E-state index contributed by atoms with van der Waals surface area (Å²) in [5, 5.41) is 22.3. The van der Waals surface area contributed by atoms with Gasteiger partial charge in [-0.3, -0.25) is 9.59 Å². The molecule has 3 saturated carbocycles. The summed E-state index contributed by atoms with van der Waals surface area (Å²) in [6.07, 6.45) is 9.06. The number of ether oxygens (including phenoxy) is 2. The van der Waals surface area contributed by atoms with Crippen molar-refractivity contribution in [2.45, 2.75) is 105 Å². The topological polar surface area (TPSA) is 93.1 Å². The Balaban J connectivity index is 1.65. The quantitative estimate of drug-likeness (QED) is 0.469. The molecular weight excluding hydrogens is 480 g/mol. The lowest BCUT2D eigenvalue weighted by Crippen LogP contribution is -2.68. The van der Waals surface area contributed by atoms with Gasteiger partial charge in [0.05, 0.1) is 37.3 Å². The van der Waals surface area contributed by atoms with Crippen LogP contribution < -0.4 is 0 Å². The van der Waals surface area contributed by atoms with Crippen LogP contribution in [-0.4, -0.2) is 48.6 Å². The molecule has 5 rings (SSSR count). The molecule has 0 aliphatic heterocycles. The molecule has 0 spiro atoms. The fraction of sp³-hybridized carbons (Fsp3) is 0.812. The van der Waals surface area contributed by atoms with Crippen molar-refractivity contribution in [1.29, 1.82) is 0 Å². The standard InChI is InChI=1S/C32H48O6/c1-27(2)13-15-32(26(36)38-8)16-14-29(4)19(20(32)17-27)9-10-22-28(3)18-21(33)24(34)31(6,25(35)37-7)23(28)11-12-30(22,29)5/h9,17,21-24,33-34H,10-16,18H2,1-8H3/t21-,22-,23-,24+,28-,29-,30-,31-,32+/m1/s1. The normalized spacial score (nSPS) is 49.2. The van der Waals surface area contributed by atoms with E-state index in [1.807, 2.05) is 0 Å². The molecule has 0 unspecified atom stereocenters. The molecule has 0 amide bonds. The summed E-state index contributed by atoms with van der Waals surface area (Å²) >= 11 is 0. The Morgan fingerprint density at radius 2 is 1.47 bits per heavy atom. The Bertz CT molecular complexity index is 1110. The van der Waals surface area contributed by atoms with E-state index in [0.717, 1.165) is 44.9 Å². The molecule has 212 valence electrons. The highest BCUT2D eigenvalue weighted by Crippen LogP contribution is 2.75. The first-order valence-electron chi connectivity index (χ1n) is 14.5. The third-order valence-corrected chi connectivity index (χ3v) is 12.9. The summed E-state index contributed by atoms with van der Waals surface area (Å²) in [6.45, 7) is 13.4. The largest absolute Gasteiger partial charge is 0.469 e. The van der Waals surface area contributed by atoms with E-state index in [4.69, 9.17) is 9.47 Å². The molecule has 0 aromatic carbocycles. The number of aliphatic hydroxyl groups excluding tert-OH is 2. The van der Waals surface area contributed by atoms with Crippen molar-refractivity contribution in [3.05, 3.63) is 23.3 Å². The number of hydrogen-bond donors (Lipinski definition) is 2. The van der Waals surface area contributed by atoms with Crippen LogP contribution in [0.4, 0.5) is 0 Å². The molecule has 5 aliphatic carbocycles. The van der Waals surface area contributed by atoms with Gasteiger partial charge in [0.2, 0.25) is 0 Å². The Morgan fingerprint density at radius 1 is 0.842 bits per heavy atom. The Kier molecular flexibility index (Phi) is 6.18. The molecular formula is C32H48O6. The van der Waals surface area contributed by atoms with Gasteiger partial charge in [-0.15, -0.1) is 0 Å². The lowest BCUT2D eigenvalue weighted by atomic mass is 9.34. The van der Waals surface area contributed by atoms with Gasteiger partial charge in [-0.25, -0.2) is 0 Å². The molecule has 0 saturated heterocycles. The van der Waals surface area contributed by atoms with Gasteiger partial charge in [0.25, 0.3) is 0 Å². The van der Waals surface area contributed by atoms with Crippen LogP contribution in [0.1, 0.15) is 92.9 Å². The summed E-state index contributed by atoms with van der Waals surface area (Å²) in [6, 6.07) is 0. The molecule has 6 heteroatoms. The zero-order valence-corrected chi connectivity index (χ0v) is 24.6. The molecule has 0 heterocycles. The minimum absolute atomic E-state index is 0.0132. The number of hydrogen-bond acceptors (Lipinski definition) is 6. The Labute approximate surface area is 228 Å². The minimum Gasteiger partial charge on any atom is -0.469 e. The summed E-state index contributed by atoms with van der Waals surface area (Å²) in [5.74, 6) is -0.417. The highest BCUT2D eigenvalue weighted by Gasteiger charge is 2.71. The van der Waals surface area contributed by atoms with E-state index in [-0.39, 0.29) is 39.5 Å². The fourth-order valence-corrected chi connectivity index (χ4v) is 10.5. The van der Waals surface area contributed by atoms with Crippen molar-refractivity contribution in [3.8, 4) is 0 Å². The predicted molar refractivity (Wildman–Crippen MR) is 145 cm³/mol. The van der Waals surface area contributed by atoms with Crippen LogP contribution in [0.3, 0.4) is 0 Å². The van der Waals surface area contributed by atoms with Crippen LogP contribution in [0.15, 0.2) is 23.3 Å². The van der Waals surface area contributed by atoms with Crippen LogP contribution in [0, 0.1) is 44.3 Å². The first-order chi connectivity index (χ1) is 17.6. The number of rotatable bonds is 2. The van der Waals surface area contributed by atoms with Crippen LogP contribution in [0.2, 0.25) is 0 Å². The number of carbonyl (C=O) groups excluding carboxylic acids is 2. The number of aliphatic hydroxyl groups is 2. The van der Waals surface area contributed by atoms with Crippen molar-refractivity contribution in [2.75, 3.05) is 14.2 Å². The Hall–Kier alpha value is -1.66. The van der Waals surface area contributed by atoms with E-state index < -0.39 is 29.0 Å². The average molecular weight is 529 g/mol. The van der Waals surface area contributed by atoms with Gasteiger partial charge >= 0.3 is 11.9 Å². The minimum atomic E-state index is -1.16. The first-order valence-corrected chi connectivity index (χ1v) is 14.5. The van der Waals surface area contributed by atoms with Crippen molar-refractivity contribution in [2.24, 2.45) is 44.3 Å². The number of fused-ring (bicyclic) bond motifs is 7. The SMILES string of the molecule is COC(=O)[C@]12CCC(C)(C)C=C1C1=CC[C@@H]3[C@@]4(C)C[C@@H](O)[C@H](O)[C@](C)(C(=O)OC)[C@@H]4CC[C@@]3(C)[C@]1(C)CC2. The van der Waals surface area contributed by atoms with E-state index in [1.165, 1.54) is 25.4 Å². The molecule has 0 aromatic heterocycles. The monoisotopic (exact) mass is 528 g/mol. The number of esters is 2. The predicted octanol–water partition coefficient (Wildman–Crippen LogP) is 5.37. The van der Waals surface area contributed by atoms with Crippen molar-refractivity contribution >= 4 is 11.9 Å². The first kappa shape index (κ1) is 27.9. The molecule has 0 aromatic rings. The maximum absolute atomic E-state index is 13.4. The number of methoxy groups -OCH3 is 2. The van der Waals surface area contributed by atoms with Gasteiger partial charge < -0.3 is 19.7 Å². The lowest BCUT2D eigenvalue weighted by molar-refractivity contribution is -0.238. The second-order valence-electron chi connectivity index (χ2n) is 14.9. The lowest BCUT2D eigenvalue weighted by Gasteiger charge is -2.70. The summed E-state index contributed by atoms with van der Waals surface area (Å²) in [7, 11) is 2.88. The van der Waals surface area contributed by atoms with Gasteiger partial charge in [0.15, 0.2) is 0 Å².